The molecule has 1 aliphatic heterocycles. The summed E-state index contributed by atoms with van der Waals surface area (Å²) in [7, 11) is 1.90. The molecular weight excluding hydrogens is 360 g/mol. The predicted molar refractivity (Wildman–Crippen MR) is 105 cm³/mol. The van der Waals surface area contributed by atoms with Crippen LogP contribution in [0.15, 0.2) is 10.6 Å². The fourth-order valence-corrected chi connectivity index (χ4v) is 3.19. The molecule has 8 nitrogen and oxygen atoms in total. The number of likely N-dealkylation sites (N-methyl/N-ethyl adjacent to an activating group) is 1. The number of rotatable bonds is 7. The van der Waals surface area contributed by atoms with Crippen LogP contribution in [0.5, 0.6) is 0 Å². The van der Waals surface area contributed by atoms with E-state index in [4.69, 9.17) is 14.6 Å². The van der Waals surface area contributed by atoms with Crippen LogP contribution in [0.4, 0.5) is 0 Å². The number of hydrogen-bond acceptors (Lipinski definition) is 7. The molecule has 2 rings (SSSR count). The molecule has 0 atom stereocenters. The van der Waals surface area contributed by atoms with Crippen LogP contribution < -0.4 is 5.32 Å². The Morgan fingerprint density at radius 1 is 1.29 bits per heavy atom. The molecule has 0 aromatic carbocycles. The summed E-state index contributed by atoms with van der Waals surface area (Å²) in [4.78, 5) is 31.3. The molecular formula is C20H32N4O4. The summed E-state index contributed by atoms with van der Waals surface area (Å²) < 4.78 is 10.9. The van der Waals surface area contributed by atoms with E-state index in [9.17, 15) is 9.59 Å². The number of nitrogens with one attached hydrogen (secondary N) is 2. The van der Waals surface area contributed by atoms with Gasteiger partial charge in [-0.2, -0.15) is 0 Å². The van der Waals surface area contributed by atoms with Crippen LogP contribution in [0.2, 0.25) is 0 Å². The first-order valence-electron chi connectivity index (χ1n) is 9.62. The van der Waals surface area contributed by atoms with Gasteiger partial charge in [0.15, 0.2) is 5.89 Å². The van der Waals surface area contributed by atoms with Gasteiger partial charge in [-0.25, -0.2) is 4.98 Å². The van der Waals surface area contributed by atoms with Crippen LogP contribution in [0.1, 0.15) is 58.6 Å². The van der Waals surface area contributed by atoms with E-state index in [2.05, 4.69) is 10.3 Å². The quantitative estimate of drug-likeness (QED) is 0.689. The Labute approximate surface area is 166 Å². The van der Waals surface area contributed by atoms with Gasteiger partial charge in [0, 0.05) is 31.9 Å². The lowest BCUT2D eigenvalue weighted by Crippen LogP contribution is -2.58. The highest BCUT2D eigenvalue weighted by atomic mass is 16.5. The van der Waals surface area contributed by atoms with Gasteiger partial charge in [0.2, 0.25) is 11.8 Å². The van der Waals surface area contributed by atoms with Gasteiger partial charge in [-0.15, -0.1) is 0 Å². The van der Waals surface area contributed by atoms with Crippen molar-refractivity contribution in [2.45, 2.75) is 70.9 Å². The number of imide groups is 1. The average molecular weight is 393 g/mol. The van der Waals surface area contributed by atoms with Crippen molar-refractivity contribution in [2.75, 3.05) is 20.3 Å². The van der Waals surface area contributed by atoms with Crippen LogP contribution >= 0.6 is 0 Å². The van der Waals surface area contributed by atoms with E-state index in [0.29, 0.717) is 24.9 Å². The van der Waals surface area contributed by atoms with Gasteiger partial charge < -0.3 is 14.6 Å². The Morgan fingerprint density at radius 2 is 1.89 bits per heavy atom. The van der Waals surface area contributed by atoms with Gasteiger partial charge >= 0.3 is 0 Å². The number of nitrogens with zero attached hydrogens (tertiary/aromatic N) is 2. The zero-order valence-corrected chi connectivity index (χ0v) is 17.7. The Balaban J connectivity index is 1.97. The summed E-state index contributed by atoms with van der Waals surface area (Å²) in [5.74, 6) is 0.169. The predicted octanol–water partition coefficient (Wildman–Crippen LogP) is 2.20. The summed E-state index contributed by atoms with van der Waals surface area (Å²) in [6.07, 6.45) is 3.10. The molecule has 0 unspecified atom stereocenters. The van der Waals surface area contributed by atoms with Gasteiger partial charge in [-0.1, -0.05) is 0 Å². The van der Waals surface area contributed by atoms with Crippen molar-refractivity contribution in [3.05, 3.63) is 17.8 Å². The topological polar surface area (TPSA) is 109 Å². The largest absolute Gasteiger partial charge is 0.445 e. The van der Waals surface area contributed by atoms with E-state index >= 15 is 0 Å². The lowest BCUT2D eigenvalue weighted by Gasteiger charge is -2.41. The smallest absolute Gasteiger partial charge is 0.246 e. The molecule has 1 saturated heterocycles. The summed E-state index contributed by atoms with van der Waals surface area (Å²) in [5, 5.41) is 10.8. The first-order chi connectivity index (χ1) is 13.0. The maximum Gasteiger partial charge on any atom is 0.246 e. The molecule has 8 heteroatoms. The minimum absolute atomic E-state index is 0.157. The number of aromatic nitrogens is 1. The van der Waals surface area contributed by atoms with Crippen LogP contribution in [-0.4, -0.2) is 59.3 Å². The highest BCUT2D eigenvalue weighted by Crippen LogP contribution is 2.27. The Hall–Kier alpha value is -2.06. The second-order valence-electron chi connectivity index (χ2n) is 8.41. The average Bonchev–Trinajstić information content (AvgIpc) is 3.08. The summed E-state index contributed by atoms with van der Waals surface area (Å²) in [6, 6.07) is 0.233. The molecule has 0 spiro atoms. The zero-order valence-electron chi connectivity index (χ0n) is 17.7. The molecule has 2 amide bonds. The van der Waals surface area contributed by atoms with Crippen molar-refractivity contribution in [2.24, 2.45) is 0 Å². The number of hydrogen-bond donors (Lipinski definition) is 2. The molecule has 0 radical (unpaired) electrons. The molecule has 0 saturated carbocycles. The molecule has 2 heterocycles. The van der Waals surface area contributed by atoms with Gasteiger partial charge in [0.25, 0.3) is 0 Å². The van der Waals surface area contributed by atoms with Gasteiger partial charge in [-0.3, -0.25) is 19.8 Å². The van der Waals surface area contributed by atoms with Crippen LogP contribution in [-0.2, 0) is 19.7 Å². The van der Waals surface area contributed by atoms with Crippen molar-refractivity contribution < 1.29 is 18.7 Å². The first-order valence-corrected chi connectivity index (χ1v) is 9.62. The fourth-order valence-electron chi connectivity index (χ4n) is 3.19. The zero-order chi connectivity index (χ0) is 21.1. The fraction of sp³-hybridized carbons (Fsp3) is 0.700. The minimum atomic E-state index is -0.850. The molecule has 0 bridgehead atoms. The lowest BCUT2D eigenvalue weighted by molar-refractivity contribution is -0.138. The third kappa shape index (κ3) is 4.86. The van der Waals surface area contributed by atoms with Gasteiger partial charge in [0.05, 0.1) is 23.6 Å². The van der Waals surface area contributed by atoms with E-state index in [1.165, 1.54) is 0 Å². The van der Waals surface area contributed by atoms with E-state index in [1.807, 2.05) is 11.9 Å². The molecule has 1 aromatic rings. The SMILES string of the molecule is Cc1ncc(C(C)(C)C(=N)CC(=O)NC(=O)C(C)(C)N(C)C2CCOCC2)o1. The van der Waals surface area contributed by atoms with Crippen LogP contribution in [0, 0.1) is 12.3 Å². The molecule has 28 heavy (non-hydrogen) atoms. The number of carbonyl (C=O) groups is 2. The molecule has 0 aliphatic carbocycles. The second kappa shape index (κ2) is 8.53. The van der Waals surface area contributed by atoms with Crippen molar-refractivity contribution in [3.8, 4) is 0 Å². The monoisotopic (exact) mass is 392 g/mol. The van der Waals surface area contributed by atoms with Crippen LogP contribution in [0.25, 0.3) is 0 Å². The number of amides is 2. The molecule has 1 fully saturated rings. The van der Waals surface area contributed by atoms with Crippen molar-refractivity contribution >= 4 is 17.5 Å². The van der Waals surface area contributed by atoms with E-state index in [-0.39, 0.29) is 24.1 Å². The van der Waals surface area contributed by atoms with Crippen LogP contribution in [0.3, 0.4) is 0 Å². The number of aryl methyl sites for hydroxylation is 1. The highest BCUT2D eigenvalue weighted by Gasteiger charge is 2.38. The molecule has 156 valence electrons. The maximum absolute atomic E-state index is 12.8. The Morgan fingerprint density at radius 3 is 2.43 bits per heavy atom. The molecule has 2 N–H and O–H groups in total. The third-order valence-electron chi connectivity index (χ3n) is 5.76. The summed E-state index contributed by atoms with van der Waals surface area (Å²) >= 11 is 0. The minimum Gasteiger partial charge on any atom is -0.445 e. The standard InChI is InChI=1S/C20H32N4O4/c1-13-22-12-16(28-13)19(2,3)15(21)11-17(25)23-18(26)20(4,5)24(6)14-7-9-27-10-8-14/h12,14,21H,7-11H2,1-6H3,(H,23,25,26). The van der Waals surface area contributed by atoms with Crippen molar-refractivity contribution in [1.29, 1.82) is 5.41 Å². The summed E-state index contributed by atoms with van der Waals surface area (Å²) in [6.45, 7) is 10.3. The first kappa shape index (κ1) is 22.2. The third-order valence-corrected chi connectivity index (χ3v) is 5.76. The lowest BCUT2D eigenvalue weighted by atomic mass is 9.83. The van der Waals surface area contributed by atoms with Gasteiger partial charge in [-0.05, 0) is 47.6 Å². The van der Waals surface area contributed by atoms with E-state index in [0.717, 1.165) is 12.8 Å². The number of oxazole rings is 1. The van der Waals surface area contributed by atoms with Crippen molar-refractivity contribution in [1.82, 2.24) is 15.2 Å². The highest BCUT2D eigenvalue weighted by molar-refractivity contribution is 6.09. The number of carbonyl (C=O) groups excluding carboxylic acids is 2. The molecule has 1 aliphatic rings. The van der Waals surface area contributed by atoms with E-state index in [1.54, 1.807) is 40.8 Å². The molecule has 1 aromatic heterocycles. The van der Waals surface area contributed by atoms with Crippen molar-refractivity contribution in [3.63, 3.8) is 0 Å². The summed E-state index contributed by atoms with van der Waals surface area (Å²) in [5.41, 5.74) is -1.47. The number of ether oxygens (including phenoxy) is 1. The maximum atomic E-state index is 12.8. The van der Waals surface area contributed by atoms with Gasteiger partial charge in [0.1, 0.15) is 5.76 Å². The Kier molecular flexibility index (Phi) is 6.77. The normalized spacial score (nSPS) is 16.2. The van der Waals surface area contributed by atoms with E-state index < -0.39 is 16.9 Å². The Bertz CT molecular complexity index is 732. The second-order valence-corrected chi connectivity index (χ2v) is 8.41.